The predicted molar refractivity (Wildman–Crippen MR) is 124 cm³/mol. The number of thiophene rings is 1. The van der Waals surface area contributed by atoms with Crippen molar-refractivity contribution in [1.29, 1.82) is 0 Å². The van der Waals surface area contributed by atoms with Gasteiger partial charge in [-0.25, -0.2) is 0 Å². The zero-order chi connectivity index (χ0) is 21.4. The first-order valence-corrected chi connectivity index (χ1v) is 12.2. The van der Waals surface area contributed by atoms with Crippen molar-refractivity contribution in [2.45, 2.75) is 44.4 Å². The number of ketones is 1. The van der Waals surface area contributed by atoms with E-state index in [0.29, 0.717) is 11.8 Å². The minimum absolute atomic E-state index is 0.129. The smallest absolute Gasteiger partial charge is 0.192 e. The van der Waals surface area contributed by atoms with Crippen LogP contribution in [-0.4, -0.2) is 35.9 Å². The van der Waals surface area contributed by atoms with Crippen molar-refractivity contribution in [3.05, 3.63) is 69.9 Å². The molecule has 0 spiro atoms. The van der Waals surface area contributed by atoms with Gasteiger partial charge >= 0.3 is 0 Å². The lowest BCUT2D eigenvalue weighted by atomic mass is 10.2. The maximum absolute atomic E-state index is 13.1. The van der Waals surface area contributed by atoms with E-state index in [1.807, 2.05) is 31.3 Å². The van der Waals surface area contributed by atoms with E-state index in [4.69, 9.17) is 0 Å². The van der Waals surface area contributed by atoms with E-state index < -0.39 is 0 Å². The van der Waals surface area contributed by atoms with Crippen molar-refractivity contribution < 1.29 is 4.79 Å². The quantitative estimate of drug-likeness (QED) is 0.274. The van der Waals surface area contributed by atoms with E-state index in [1.165, 1.54) is 16.6 Å². The monoisotopic (exact) mass is 449 g/mol. The van der Waals surface area contributed by atoms with Crippen molar-refractivity contribution in [2.24, 2.45) is 0 Å². The number of carbonyl (C=O) groups excluding carboxylic acids is 1. The topological polar surface area (TPSA) is 65.6 Å². The second kappa shape index (κ2) is 8.43. The summed E-state index contributed by atoms with van der Waals surface area (Å²) in [6, 6.07) is 10.5. The summed E-state index contributed by atoms with van der Waals surface area (Å²) in [5.41, 5.74) is 3.89. The van der Waals surface area contributed by atoms with Gasteiger partial charge in [0.2, 0.25) is 0 Å². The third-order valence-electron chi connectivity index (χ3n) is 5.60. The Balaban J connectivity index is 1.34. The van der Waals surface area contributed by atoms with Gasteiger partial charge in [-0.2, -0.15) is 0 Å². The standard InChI is InChI=1S/C23H23N5OS2/c1-15-11-20(16(2)27(15)13-19-6-4-10-30-19)21(29)14-31-23-26-25-22(28(23)18-7-8-18)17-5-3-9-24-12-17/h3-6,9-12,18H,7-8,13-14H2,1-2H3. The van der Waals surface area contributed by atoms with Crippen molar-refractivity contribution in [3.8, 4) is 11.4 Å². The highest BCUT2D eigenvalue weighted by molar-refractivity contribution is 7.99. The van der Waals surface area contributed by atoms with E-state index >= 15 is 0 Å². The molecular weight excluding hydrogens is 426 g/mol. The molecule has 0 bridgehead atoms. The number of aryl methyl sites for hydroxylation is 1. The van der Waals surface area contributed by atoms with Crippen LogP contribution in [0.3, 0.4) is 0 Å². The SMILES string of the molecule is Cc1cc(C(=O)CSc2nnc(-c3cccnc3)n2C2CC2)c(C)n1Cc1cccs1. The molecular formula is C23H23N5OS2. The zero-order valence-electron chi connectivity index (χ0n) is 17.5. The second-order valence-electron chi connectivity index (χ2n) is 7.81. The lowest BCUT2D eigenvalue weighted by Gasteiger charge is -2.09. The lowest BCUT2D eigenvalue weighted by Crippen LogP contribution is -2.08. The third kappa shape index (κ3) is 4.09. The maximum atomic E-state index is 13.1. The Bertz CT molecular complexity index is 1210. The molecule has 0 unspecified atom stereocenters. The van der Waals surface area contributed by atoms with Crippen LogP contribution in [0.15, 0.2) is 53.3 Å². The van der Waals surface area contributed by atoms with E-state index in [0.717, 1.165) is 52.9 Å². The molecule has 8 heteroatoms. The van der Waals surface area contributed by atoms with Gasteiger partial charge in [-0.15, -0.1) is 21.5 Å². The van der Waals surface area contributed by atoms with Crippen LogP contribution in [-0.2, 0) is 6.54 Å². The summed E-state index contributed by atoms with van der Waals surface area (Å²) in [5, 5.41) is 11.7. The molecule has 0 N–H and O–H groups in total. The van der Waals surface area contributed by atoms with Crippen molar-refractivity contribution in [1.82, 2.24) is 24.3 Å². The number of rotatable bonds is 8. The van der Waals surface area contributed by atoms with Gasteiger partial charge in [0.25, 0.3) is 0 Å². The Morgan fingerprint density at radius 1 is 1.23 bits per heavy atom. The predicted octanol–water partition coefficient (Wildman–Crippen LogP) is 5.18. The first kappa shape index (κ1) is 20.2. The number of thioether (sulfide) groups is 1. The van der Waals surface area contributed by atoms with E-state index in [-0.39, 0.29) is 5.78 Å². The fraction of sp³-hybridized carbons (Fsp3) is 0.304. The van der Waals surface area contributed by atoms with Crippen LogP contribution in [0.5, 0.6) is 0 Å². The molecule has 1 saturated carbocycles. The van der Waals surface area contributed by atoms with Gasteiger partial charge < -0.3 is 4.57 Å². The zero-order valence-corrected chi connectivity index (χ0v) is 19.1. The second-order valence-corrected chi connectivity index (χ2v) is 9.79. The summed E-state index contributed by atoms with van der Waals surface area (Å²) in [7, 11) is 0. The van der Waals surface area contributed by atoms with Crippen LogP contribution in [0, 0.1) is 13.8 Å². The van der Waals surface area contributed by atoms with Crippen LogP contribution >= 0.6 is 23.1 Å². The van der Waals surface area contributed by atoms with Crippen LogP contribution in [0.4, 0.5) is 0 Å². The molecule has 4 aromatic heterocycles. The van der Waals surface area contributed by atoms with Crippen molar-refractivity contribution in [2.75, 3.05) is 5.75 Å². The molecule has 1 aliphatic carbocycles. The number of pyridine rings is 1. The fourth-order valence-electron chi connectivity index (χ4n) is 3.82. The highest BCUT2D eigenvalue weighted by Crippen LogP contribution is 2.41. The van der Waals surface area contributed by atoms with Gasteiger partial charge in [0.05, 0.1) is 12.3 Å². The largest absolute Gasteiger partial charge is 0.343 e. The summed E-state index contributed by atoms with van der Waals surface area (Å²) in [5.74, 6) is 1.31. The molecule has 158 valence electrons. The summed E-state index contributed by atoms with van der Waals surface area (Å²) < 4.78 is 4.39. The first-order valence-electron chi connectivity index (χ1n) is 10.3. The van der Waals surface area contributed by atoms with Crippen LogP contribution in [0.2, 0.25) is 0 Å². The highest BCUT2D eigenvalue weighted by atomic mass is 32.2. The number of hydrogen-bond acceptors (Lipinski definition) is 6. The minimum Gasteiger partial charge on any atom is -0.343 e. The Kier molecular flexibility index (Phi) is 5.50. The Morgan fingerprint density at radius 2 is 2.10 bits per heavy atom. The van der Waals surface area contributed by atoms with E-state index in [2.05, 4.69) is 48.8 Å². The molecule has 1 aliphatic rings. The summed E-state index contributed by atoms with van der Waals surface area (Å²) in [6.07, 6.45) is 5.81. The van der Waals surface area contributed by atoms with Crippen molar-refractivity contribution in [3.63, 3.8) is 0 Å². The number of aromatic nitrogens is 5. The van der Waals surface area contributed by atoms with Gasteiger partial charge in [-0.1, -0.05) is 17.8 Å². The molecule has 4 heterocycles. The van der Waals surface area contributed by atoms with Crippen LogP contribution < -0.4 is 0 Å². The molecule has 4 aromatic rings. The number of hydrogen-bond donors (Lipinski definition) is 0. The molecule has 0 saturated heterocycles. The molecule has 0 aromatic carbocycles. The molecule has 31 heavy (non-hydrogen) atoms. The van der Waals surface area contributed by atoms with Gasteiger partial charge in [-0.05, 0) is 56.3 Å². The van der Waals surface area contributed by atoms with Gasteiger partial charge in [0, 0.05) is 45.8 Å². The Hall–Kier alpha value is -2.71. The van der Waals surface area contributed by atoms with Crippen molar-refractivity contribution >= 4 is 28.9 Å². The molecule has 0 radical (unpaired) electrons. The Morgan fingerprint density at radius 3 is 2.81 bits per heavy atom. The summed E-state index contributed by atoms with van der Waals surface area (Å²) in [4.78, 5) is 18.6. The average Bonchev–Trinajstić information content (AvgIpc) is 3.20. The molecule has 0 amide bonds. The van der Waals surface area contributed by atoms with Crippen LogP contribution in [0.25, 0.3) is 11.4 Å². The lowest BCUT2D eigenvalue weighted by molar-refractivity contribution is 0.102. The van der Waals surface area contributed by atoms with E-state index in [9.17, 15) is 4.79 Å². The van der Waals surface area contributed by atoms with Gasteiger partial charge in [-0.3, -0.25) is 14.3 Å². The molecule has 0 aliphatic heterocycles. The Labute approximate surface area is 189 Å². The maximum Gasteiger partial charge on any atom is 0.192 e. The van der Waals surface area contributed by atoms with Crippen LogP contribution in [0.1, 0.15) is 45.5 Å². The summed E-state index contributed by atoms with van der Waals surface area (Å²) >= 11 is 3.21. The number of carbonyl (C=O) groups is 1. The normalized spacial score (nSPS) is 13.6. The fourth-order valence-corrected chi connectivity index (χ4v) is 5.40. The highest BCUT2D eigenvalue weighted by Gasteiger charge is 2.30. The van der Waals surface area contributed by atoms with Gasteiger partial charge in [0.1, 0.15) is 0 Å². The molecule has 5 rings (SSSR count). The third-order valence-corrected chi connectivity index (χ3v) is 7.40. The number of Topliss-reactive ketones (excluding diaryl/α,β-unsaturated/α-hetero) is 1. The first-order chi connectivity index (χ1) is 15.1. The van der Waals surface area contributed by atoms with Gasteiger partial charge in [0.15, 0.2) is 16.8 Å². The minimum atomic E-state index is 0.129. The number of nitrogens with zero attached hydrogens (tertiary/aromatic N) is 5. The average molecular weight is 450 g/mol. The molecule has 0 atom stereocenters. The molecule has 6 nitrogen and oxygen atoms in total. The van der Waals surface area contributed by atoms with E-state index in [1.54, 1.807) is 17.5 Å². The summed E-state index contributed by atoms with van der Waals surface area (Å²) in [6.45, 7) is 4.90. The molecule has 1 fully saturated rings.